The fourth-order valence-electron chi connectivity index (χ4n) is 1.42. The molecule has 0 aliphatic rings. The molecule has 0 aliphatic heterocycles. The van der Waals surface area contributed by atoms with Crippen LogP contribution in [0.15, 0.2) is 24.3 Å². The minimum atomic E-state index is -1.10. The minimum Gasteiger partial charge on any atom is -0.506 e. The molecule has 1 aromatic heterocycles. The van der Waals surface area contributed by atoms with Crippen LogP contribution in [0, 0.1) is 6.92 Å². The summed E-state index contributed by atoms with van der Waals surface area (Å²) in [5.41, 5.74) is 1.32. The summed E-state index contributed by atoms with van der Waals surface area (Å²) in [5.74, 6) is -0.866. The van der Waals surface area contributed by atoms with Gasteiger partial charge in [0.25, 0.3) is 0 Å². The maximum Gasteiger partial charge on any atom is 0.328 e. The first-order chi connectivity index (χ1) is 8.58. The standard InChI is InChI=1S/C11H10N4O3/c1-7-2-3-9(16)8(6-7)15-10(12-13-14-15)4-5-11(17)18/h2-6,16H,1H3,(H,17,18)/b5-4+. The van der Waals surface area contributed by atoms with Gasteiger partial charge in [-0.3, -0.25) is 0 Å². The van der Waals surface area contributed by atoms with Gasteiger partial charge >= 0.3 is 5.97 Å². The molecular weight excluding hydrogens is 236 g/mol. The molecular formula is C11H10N4O3. The molecule has 18 heavy (non-hydrogen) atoms. The van der Waals surface area contributed by atoms with Crippen molar-refractivity contribution in [3.8, 4) is 11.4 Å². The number of aromatic hydroxyl groups is 1. The number of carboxylic acids is 1. The van der Waals surface area contributed by atoms with Crippen molar-refractivity contribution >= 4 is 12.0 Å². The minimum absolute atomic E-state index is 0.0119. The molecule has 1 aromatic carbocycles. The number of rotatable bonds is 3. The molecule has 0 saturated heterocycles. The fraction of sp³-hybridized carbons (Fsp3) is 0.0909. The molecule has 2 rings (SSSR count). The predicted molar refractivity (Wildman–Crippen MR) is 62.2 cm³/mol. The molecule has 0 bridgehead atoms. The van der Waals surface area contributed by atoms with Crippen molar-refractivity contribution in [2.75, 3.05) is 0 Å². The molecule has 1 heterocycles. The van der Waals surface area contributed by atoms with Gasteiger partial charge in [0.1, 0.15) is 11.4 Å². The summed E-state index contributed by atoms with van der Waals surface area (Å²) in [6.07, 6.45) is 2.18. The normalized spacial score (nSPS) is 10.9. The van der Waals surface area contributed by atoms with Gasteiger partial charge in [-0.15, -0.1) is 5.10 Å². The van der Waals surface area contributed by atoms with E-state index in [1.54, 1.807) is 12.1 Å². The first-order valence-electron chi connectivity index (χ1n) is 5.07. The first kappa shape index (κ1) is 11.8. The maximum atomic E-state index is 10.4. The van der Waals surface area contributed by atoms with E-state index in [2.05, 4.69) is 15.5 Å². The van der Waals surface area contributed by atoms with Crippen LogP contribution >= 0.6 is 0 Å². The van der Waals surface area contributed by atoms with Crippen LogP contribution in [0.4, 0.5) is 0 Å². The molecule has 2 aromatic rings. The van der Waals surface area contributed by atoms with E-state index in [1.165, 1.54) is 16.8 Å². The number of carboxylic acid groups (broad SMARTS) is 1. The quantitative estimate of drug-likeness (QED) is 0.776. The van der Waals surface area contributed by atoms with Crippen molar-refractivity contribution in [3.05, 3.63) is 35.7 Å². The summed E-state index contributed by atoms with van der Waals surface area (Å²) in [7, 11) is 0. The monoisotopic (exact) mass is 246 g/mol. The van der Waals surface area contributed by atoms with E-state index in [4.69, 9.17) is 5.11 Å². The van der Waals surface area contributed by atoms with Crippen LogP contribution in [0.25, 0.3) is 11.8 Å². The fourth-order valence-corrected chi connectivity index (χ4v) is 1.42. The highest BCUT2D eigenvalue weighted by Gasteiger charge is 2.10. The van der Waals surface area contributed by atoms with Crippen LogP contribution in [0.5, 0.6) is 5.75 Å². The highest BCUT2D eigenvalue weighted by atomic mass is 16.4. The Hall–Kier alpha value is -2.70. The number of phenolic OH excluding ortho intramolecular Hbond substituents is 1. The number of aryl methyl sites for hydroxylation is 1. The van der Waals surface area contributed by atoms with E-state index in [9.17, 15) is 9.90 Å². The van der Waals surface area contributed by atoms with E-state index in [1.807, 2.05) is 6.92 Å². The summed E-state index contributed by atoms with van der Waals surface area (Å²) < 4.78 is 1.27. The third kappa shape index (κ3) is 2.34. The van der Waals surface area contributed by atoms with E-state index >= 15 is 0 Å². The van der Waals surface area contributed by atoms with E-state index in [0.717, 1.165) is 11.6 Å². The summed E-state index contributed by atoms with van der Waals surface area (Å²) in [6.45, 7) is 1.86. The zero-order valence-corrected chi connectivity index (χ0v) is 9.48. The molecule has 0 radical (unpaired) electrons. The Labute approximate surface area is 102 Å². The number of tetrazole rings is 1. The van der Waals surface area contributed by atoms with Gasteiger partial charge in [0.2, 0.25) is 0 Å². The van der Waals surface area contributed by atoms with Crippen molar-refractivity contribution in [3.63, 3.8) is 0 Å². The van der Waals surface area contributed by atoms with Gasteiger partial charge in [0.15, 0.2) is 5.82 Å². The lowest BCUT2D eigenvalue weighted by atomic mass is 10.2. The number of carbonyl (C=O) groups is 1. The zero-order chi connectivity index (χ0) is 13.1. The number of hydrogen-bond acceptors (Lipinski definition) is 5. The van der Waals surface area contributed by atoms with Crippen molar-refractivity contribution in [1.82, 2.24) is 20.2 Å². The second kappa shape index (κ2) is 4.66. The summed E-state index contributed by atoms with van der Waals surface area (Å²) in [4.78, 5) is 10.4. The van der Waals surface area contributed by atoms with Crippen LogP contribution in [-0.4, -0.2) is 36.4 Å². The third-order valence-electron chi connectivity index (χ3n) is 2.23. The van der Waals surface area contributed by atoms with Crippen LogP contribution in [0.1, 0.15) is 11.4 Å². The van der Waals surface area contributed by atoms with Gasteiger partial charge in [0.05, 0.1) is 0 Å². The lowest BCUT2D eigenvalue weighted by molar-refractivity contribution is -0.131. The van der Waals surface area contributed by atoms with Crippen molar-refractivity contribution in [2.45, 2.75) is 6.92 Å². The molecule has 0 spiro atoms. The molecule has 0 unspecified atom stereocenters. The number of aliphatic carboxylic acids is 1. The molecule has 0 amide bonds. The largest absolute Gasteiger partial charge is 0.506 e. The Morgan fingerprint density at radius 1 is 1.44 bits per heavy atom. The van der Waals surface area contributed by atoms with Gasteiger partial charge < -0.3 is 10.2 Å². The SMILES string of the molecule is Cc1ccc(O)c(-n2nnnc2/C=C/C(=O)O)c1. The smallest absolute Gasteiger partial charge is 0.328 e. The lowest BCUT2D eigenvalue weighted by Gasteiger charge is -2.05. The molecule has 0 aliphatic carbocycles. The molecule has 2 N–H and O–H groups in total. The third-order valence-corrected chi connectivity index (χ3v) is 2.23. The Morgan fingerprint density at radius 3 is 2.94 bits per heavy atom. The van der Waals surface area contributed by atoms with Gasteiger partial charge in [-0.25, -0.2) is 4.79 Å². The number of nitrogens with zero attached hydrogens (tertiary/aromatic N) is 4. The summed E-state index contributed by atoms with van der Waals surface area (Å²) in [6, 6.07) is 4.97. The van der Waals surface area contributed by atoms with E-state index in [-0.39, 0.29) is 11.6 Å². The summed E-state index contributed by atoms with van der Waals surface area (Å²) in [5, 5.41) is 29.2. The lowest BCUT2D eigenvalue weighted by Crippen LogP contribution is -2.01. The average Bonchev–Trinajstić information content (AvgIpc) is 2.77. The van der Waals surface area contributed by atoms with Crippen molar-refractivity contribution in [2.24, 2.45) is 0 Å². The molecule has 0 fully saturated rings. The number of benzene rings is 1. The van der Waals surface area contributed by atoms with Gasteiger partial charge in [-0.1, -0.05) is 6.07 Å². The Kier molecular flexibility index (Phi) is 3.05. The second-order valence-corrected chi connectivity index (χ2v) is 3.61. The Morgan fingerprint density at radius 2 is 2.22 bits per heavy atom. The summed E-state index contributed by atoms with van der Waals surface area (Å²) >= 11 is 0. The van der Waals surface area contributed by atoms with Gasteiger partial charge in [-0.05, 0) is 41.1 Å². The van der Waals surface area contributed by atoms with Crippen LogP contribution in [0.2, 0.25) is 0 Å². The first-order valence-corrected chi connectivity index (χ1v) is 5.07. The van der Waals surface area contributed by atoms with Crippen molar-refractivity contribution in [1.29, 1.82) is 0 Å². The van der Waals surface area contributed by atoms with Crippen LogP contribution in [0.3, 0.4) is 0 Å². The van der Waals surface area contributed by atoms with E-state index < -0.39 is 5.97 Å². The highest BCUT2D eigenvalue weighted by molar-refractivity contribution is 5.84. The van der Waals surface area contributed by atoms with Gasteiger partial charge in [-0.2, -0.15) is 4.68 Å². The van der Waals surface area contributed by atoms with E-state index in [0.29, 0.717) is 5.69 Å². The molecule has 0 saturated carbocycles. The van der Waals surface area contributed by atoms with Crippen molar-refractivity contribution < 1.29 is 15.0 Å². The predicted octanol–water partition coefficient (Wildman–Crippen LogP) is 0.774. The van der Waals surface area contributed by atoms with Gasteiger partial charge in [0, 0.05) is 6.08 Å². The number of phenols is 1. The molecule has 0 atom stereocenters. The van der Waals surface area contributed by atoms with Crippen LogP contribution < -0.4 is 0 Å². The highest BCUT2D eigenvalue weighted by Crippen LogP contribution is 2.22. The zero-order valence-electron chi connectivity index (χ0n) is 9.48. The Balaban J connectivity index is 2.48. The topological polar surface area (TPSA) is 101 Å². The average molecular weight is 246 g/mol. The number of hydrogen-bond donors (Lipinski definition) is 2. The number of aromatic nitrogens is 4. The second-order valence-electron chi connectivity index (χ2n) is 3.61. The Bertz CT molecular complexity index is 619. The molecule has 7 nitrogen and oxygen atoms in total. The molecule has 7 heteroatoms. The van der Waals surface area contributed by atoms with Crippen LogP contribution in [-0.2, 0) is 4.79 Å². The molecule has 92 valence electrons. The maximum absolute atomic E-state index is 10.4.